The average Bonchev–Trinajstić information content (AvgIpc) is 3.00. The van der Waals surface area contributed by atoms with E-state index < -0.39 is 41.8 Å². The first-order valence-electron chi connectivity index (χ1n) is 7.70. The minimum Gasteiger partial charge on any atom is -0.497 e. The molecular formula is C17H20F3NO4. The van der Waals surface area contributed by atoms with Gasteiger partial charge in [-0.05, 0) is 38.0 Å². The monoisotopic (exact) mass is 359 g/mol. The van der Waals surface area contributed by atoms with Crippen molar-refractivity contribution in [3.05, 3.63) is 29.8 Å². The van der Waals surface area contributed by atoms with Crippen molar-refractivity contribution >= 4 is 11.9 Å². The van der Waals surface area contributed by atoms with E-state index in [0.717, 1.165) is 4.90 Å². The third kappa shape index (κ3) is 3.17. The maximum atomic E-state index is 13.3. The van der Waals surface area contributed by atoms with Crippen LogP contribution in [0.1, 0.15) is 25.8 Å². The van der Waals surface area contributed by atoms with E-state index in [0.29, 0.717) is 11.3 Å². The molecule has 1 amide bonds. The van der Waals surface area contributed by atoms with Gasteiger partial charge in [0.1, 0.15) is 5.75 Å². The molecule has 8 heteroatoms. The normalized spacial score (nSPS) is 21.3. The Morgan fingerprint density at radius 3 is 2.16 bits per heavy atom. The Morgan fingerprint density at radius 2 is 1.76 bits per heavy atom. The molecule has 1 fully saturated rings. The van der Waals surface area contributed by atoms with Crippen LogP contribution in [0.2, 0.25) is 0 Å². The van der Waals surface area contributed by atoms with Crippen LogP contribution >= 0.6 is 0 Å². The summed E-state index contributed by atoms with van der Waals surface area (Å²) in [5.41, 5.74) is -3.39. The van der Waals surface area contributed by atoms with Gasteiger partial charge >= 0.3 is 12.1 Å². The molecular weight excluding hydrogens is 339 g/mol. The van der Waals surface area contributed by atoms with Crippen molar-refractivity contribution in [2.75, 3.05) is 20.2 Å². The number of halogens is 3. The standard InChI is InChI=1S/C17H20F3NO4/c1-15(2,11-4-6-12(25-3)7-5-11)13(22)21-9-8-16(10-21,14(23)24)17(18,19)20/h4-7H,8-10H2,1-3H3,(H,23,24). The number of amides is 1. The number of likely N-dealkylation sites (tertiary alicyclic amines) is 1. The van der Waals surface area contributed by atoms with Crippen molar-refractivity contribution < 1.29 is 32.6 Å². The molecule has 138 valence electrons. The number of alkyl halides is 3. The number of hydrogen-bond donors (Lipinski definition) is 1. The highest BCUT2D eigenvalue weighted by molar-refractivity contribution is 5.89. The fourth-order valence-electron chi connectivity index (χ4n) is 3.04. The lowest BCUT2D eigenvalue weighted by molar-refractivity contribution is -0.227. The van der Waals surface area contributed by atoms with E-state index >= 15 is 0 Å². The molecule has 0 aromatic heterocycles. The zero-order valence-electron chi connectivity index (χ0n) is 14.2. The molecule has 1 saturated heterocycles. The molecule has 1 aliphatic rings. The van der Waals surface area contributed by atoms with Crippen LogP contribution in [0.5, 0.6) is 5.75 Å². The molecule has 2 rings (SSSR count). The second-order valence-electron chi connectivity index (χ2n) is 6.72. The lowest BCUT2D eigenvalue weighted by Crippen LogP contribution is -2.49. The second kappa shape index (κ2) is 6.24. The number of rotatable bonds is 4. The van der Waals surface area contributed by atoms with E-state index in [4.69, 9.17) is 9.84 Å². The highest BCUT2D eigenvalue weighted by Gasteiger charge is 2.64. The van der Waals surface area contributed by atoms with Crippen LogP contribution in [0.25, 0.3) is 0 Å². The molecule has 25 heavy (non-hydrogen) atoms. The second-order valence-corrected chi connectivity index (χ2v) is 6.72. The van der Waals surface area contributed by atoms with Crippen molar-refractivity contribution in [1.82, 2.24) is 4.90 Å². The zero-order valence-corrected chi connectivity index (χ0v) is 14.2. The largest absolute Gasteiger partial charge is 0.497 e. The fraction of sp³-hybridized carbons (Fsp3) is 0.529. The number of methoxy groups -OCH3 is 1. The van der Waals surface area contributed by atoms with E-state index in [-0.39, 0.29) is 6.54 Å². The topological polar surface area (TPSA) is 66.8 Å². The summed E-state index contributed by atoms with van der Waals surface area (Å²) in [7, 11) is 1.50. The summed E-state index contributed by atoms with van der Waals surface area (Å²) in [5.74, 6) is -1.89. The van der Waals surface area contributed by atoms with Crippen LogP contribution < -0.4 is 4.74 Å². The quantitative estimate of drug-likeness (QED) is 0.898. The van der Waals surface area contributed by atoms with Gasteiger partial charge < -0.3 is 14.7 Å². The molecule has 0 saturated carbocycles. The lowest BCUT2D eigenvalue weighted by atomic mass is 9.82. The summed E-state index contributed by atoms with van der Waals surface area (Å²) in [4.78, 5) is 25.0. The van der Waals surface area contributed by atoms with E-state index in [1.807, 2.05) is 0 Å². The van der Waals surface area contributed by atoms with Gasteiger partial charge in [0.05, 0.1) is 12.5 Å². The van der Waals surface area contributed by atoms with Crippen LogP contribution in [-0.2, 0) is 15.0 Å². The Bertz CT molecular complexity index is 669. The first kappa shape index (κ1) is 19.1. The third-order valence-corrected chi connectivity index (χ3v) is 4.85. The number of carboxylic acids is 1. The maximum absolute atomic E-state index is 13.3. The van der Waals surface area contributed by atoms with Crippen LogP contribution in [-0.4, -0.2) is 48.3 Å². The number of hydrogen-bond acceptors (Lipinski definition) is 3. The minimum atomic E-state index is -4.92. The van der Waals surface area contributed by atoms with Crippen molar-refractivity contribution in [2.45, 2.75) is 31.9 Å². The Labute approximate surface area is 143 Å². The first-order valence-corrected chi connectivity index (χ1v) is 7.70. The molecule has 0 bridgehead atoms. The van der Waals surface area contributed by atoms with Crippen molar-refractivity contribution in [3.63, 3.8) is 0 Å². The molecule has 0 radical (unpaired) electrons. The van der Waals surface area contributed by atoms with Crippen LogP contribution in [0.15, 0.2) is 24.3 Å². The summed E-state index contributed by atoms with van der Waals surface area (Å²) in [6.07, 6.45) is -5.56. The Morgan fingerprint density at radius 1 is 1.20 bits per heavy atom. The molecule has 0 aliphatic carbocycles. The van der Waals surface area contributed by atoms with Gasteiger partial charge in [0.25, 0.3) is 0 Å². The minimum absolute atomic E-state index is 0.246. The average molecular weight is 359 g/mol. The highest BCUT2D eigenvalue weighted by Crippen LogP contribution is 2.46. The summed E-state index contributed by atoms with van der Waals surface area (Å²) >= 11 is 0. The number of carbonyl (C=O) groups is 2. The van der Waals surface area contributed by atoms with Crippen molar-refractivity contribution in [3.8, 4) is 5.75 Å². The number of carbonyl (C=O) groups excluding carboxylic acids is 1. The molecule has 1 atom stereocenters. The van der Waals surface area contributed by atoms with Crippen LogP contribution in [0.4, 0.5) is 13.2 Å². The van der Waals surface area contributed by atoms with Gasteiger partial charge in [-0.2, -0.15) is 13.2 Å². The SMILES string of the molecule is COc1ccc(C(C)(C)C(=O)N2CCC(C(=O)O)(C(F)(F)F)C2)cc1. The molecule has 1 aromatic carbocycles. The zero-order chi connectivity index (χ0) is 19.0. The molecule has 1 aromatic rings. The Hall–Kier alpha value is -2.25. The summed E-state index contributed by atoms with van der Waals surface area (Å²) < 4.78 is 44.9. The number of aliphatic carboxylic acids is 1. The first-order chi connectivity index (χ1) is 11.5. The Balaban J connectivity index is 2.26. The number of nitrogens with zero attached hydrogens (tertiary/aromatic N) is 1. The molecule has 0 spiro atoms. The van der Waals surface area contributed by atoms with E-state index in [1.165, 1.54) is 7.11 Å². The van der Waals surface area contributed by atoms with Gasteiger partial charge in [0.2, 0.25) is 5.91 Å². The summed E-state index contributed by atoms with van der Waals surface area (Å²) in [5, 5.41) is 9.10. The predicted octanol–water partition coefficient (Wildman–Crippen LogP) is 2.84. The molecule has 1 unspecified atom stereocenters. The number of benzene rings is 1. The van der Waals surface area contributed by atoms with Gasteiger partial charge in [0.15, 0.2) is 5.41 Å². The molecule has 5 nitrogen and oxygen atoms in total. The fourth-order valence-corrected chi connectivity index (χ4v) is 3.04. The van der Waals surface area contributed by atoms with Crippen molar-refractivity contribution in [2.24, 2.45) is 5.41 Å². The predicted molar refractivity (Wildman–Crippen MR) is 83.3 cm³/mol. The number of ether oxygens (including phenoxy) is 1. The smallest absolute Gasteiger partial charge is 0.406 e. The summed E-state index contributed by atoms with van der Waals surface area (Å²) in [6.45, 7) is 2.09. The Kier molecular flexibility index (Phi) is 4.76. The molecule has 1 aliphatic heterocycles. The molecule has 1 N–H and O–H groups in total. The van der Waals surface area contributed by atoms with E-state index in [1.54, 1.807) is 38.1 Å². The van der Waals surface area contributed by atoms with Gasteiger partial charge in [-0.1, -0.05) is 12.1 Å². The van der Waals surface area contributed by atoms with Crippen LogP contribution in [0.3, 0.4) is 0 Å². The van der Waals surface area contributed by atoms with Gasteiger partial charge in [0, 0.05) is 13.1 Å². The lowest BCUT2D eigenvalue weighted by Gasteiger charge is -2.32. The van der Waals surface area contributed by atoms with Crippen molar-refractivity contribution in [1.29, 1.82) is 0 Å². The van der Waals surface area contributed by atoms with Crippen LogP contribution in [0, 0.1) is 5.41 Å². The van der Waals surface area contributed by atoms with E-state index in [9.17, 15) is 22.8 Å². The highest BCUT2D eigenvalue weighted by atomic mass is 19.4. The molecule has 1 heterocycles. The van der Waals surface area contributed by atoms with Gasteiger partial charge in [-0.15, -0.1) is 0 Å². The summed E-state index contributed by atoms with van der Waals surface area (Å²) in [6, 6.07) is 6.65. The van der Waals surface area contributed by atoms with Gasteiger partial charge in [-0.25, -0.2) is 0 Å². The van der Waals surface area contributed by atoms with Gasteiger partial charge in [-0.3, -0.25) is 9.59 Å². The maximum Gasteiger partial charge on any atom is 0.406 e. The third-order valence-electron chi connectivity index (χ3n) is 4.85. The van der Waals surface area contributed by atoms with E-state index in [2.05, 4.69) is 0 Å². The number of carboxylic acid groups (broad SMARTS) is 1.